The van der Waals surface area contributed by atoms with Gasteiger partial charge in [0.05, 0.1) is 18.5 Å². The minimum atomic E-state index is 0.710. The van der Waals surface area contributed by atoms with E-state index in [0.717, 1.165) is 33.9 Å². The molecule has 0 aliphatic carbocycles. The third-order valence-corrected chi connectivity index (χ3v) is 4.20. The summed E-state index contributed by atoms with van der Waals surface area (Å²) in [6.07, 6.45) is 1.90. The normalized spacial score (nSPS) is 10.9. The van der Waals surface area contributed by atoms with Crippen molar-refractivity contribution in [3.8, 4) is 28.3 Å². The number of pyridine rings is 1. The van der Waals surface area contributed by atoms with Crippen molar-refractivity contribution in [2.75, 3.05) is 7.11 Å². The van der Waals surface area contributed by atoms with E-state index in [0.29, 0.717) is 5.02 Å². The van der Waals surface area contributed by atoms with Crippen LogP contribution in [-0.4, -0.2) is 16.5 Å². The Bertz CT molecular complexity index is 989. The van der Waals surface area contributed by atoms with Crippen molar-refractivity contribution < 1.29 is 4.74 Å². The monoisotopic (exact) mass is 333 g/mol. The van der Waals surface area contributed by atoms with E-state index >= 15 is 0 Å². The molecule has 3 nitrogen and oxygen atoms in total. The van der Waals surface area contributed by atoms with Gasteiger partial charge in [-0.05, 0) is 54.6 Å². The number of fused-ring (bicyclic) bond motifs is 1. The molecule has 0 bridgehead atoms. The van der Waals surface area contributed by atoms with E-state index in [9.17, 15) is 0 Å². The lowest BCUT2D eigenvalue weighted by atomic mass is 10.0. The Labute approximate surface area is 145 Å². The van der Waals surface area contributed by atoms with Gasteiger partial charge in [-0.15, -0.1) is 0 Å². The Hall–Kier alpha value is -2.78. The first-order valence-corrected chi connectivity index (χ1v) is 7.92. The summed E-state index contributed by atoms with van der Waals surface area (Å²) >= 11 is 6.02. The molecule has 0 amide bonds. The van der Waals surface area contributed by atoms with Crippen LogP contribution in [0.4, 0.5) is 0 Å². The number of hydrogen-bond donors (Lipinski definition) is 0. The predicted molar refractivity (Wildman–Crippen MR) is 96.5 cm³/mol. The van der Waals surface area contributed by atoms with Crippen LogP contribution < -0.4 is 4.74 Å². The van der Waals surface area contributed by atoms with Crippen LogP contribution in [0.15, 0.2) is 66.9 Å². The Morgan fingerprint density at radius 2 is 1.67 bits per heavy atom. The number of methoxy groups -OCH3 is 1. The molecule has 2 heterocycles. The number of ether oxygens (including phenoxy) is 1. The number of hydrogen-bond acceptors (Lipinski definition) is 2. The van der Waals surface area contributed by atoms with Gasteiger partial charge in [0.2, 0.25) is 0 Å². The van der Waals surface area contributed by atoms with E-state index in [1.165, 1.54) is 0 Å². The number of imidazole rings is 1. The molecule has 2 aromatic heterocycles. The number of benzene rings is 2. The lowest BCUT2D eigenvalue weighted by molar-refractivity contribution is 0.415. The molecule has 24 heavy (non-hydrogen) atoms. The van der Waals surface area contributed by atoms with Crippen LogP contribution in [0.25, 0.3) is 28.2 Å². The Balaban J connectivity index is 1.97. The molecule has 2 aromatic carbocycles. The zero-order valence-corrected chi connectivity index (χ0v) is 13.8. The highest BCUT2D eigenvalue weighted by molar-refractivity contribution is 6.30. The van der Waals surface area contributed by atoms with Crippen molar-refractivity contribution >= 4 is 17.2 Å². The van der Waals surface area contributed by atoms with Gasteiger partial charge >= 0.3 is 0 Å². The fourth-order valence-electron chi connectivity index (χ4n) is 2.77. The number of halogens is 1. The van der Waals surface area contributed by atoms with Gasteiger partial charge in [-0.2, -0.15) is 0 Å². The fourth-order valence-corrected chi connectivity index (χ4v) is 2.90. The largest absolute Gasteiger partial charge is 0.497 e. The molecule has 0 spiro atoms. The van der Waals surface area contributed by atoms with E-state index < -0.39 is 0 Å². The molecular formula is C20H14ClN2O. The minimum absolute atomic E-state index is 0.710. The second kappa shape index (κ2) is 6.02. The molecule has 117 valence electrons. The van der Waals surface area contributed by atoms with Crippen LogP contribution in [0.1, 0.15) is 0 Å². The van der Waals surface area contributed by atoms with Gasteiger partial charge in [-0.3, -0.25) is 4.40 Å². The molecule has 4 rings (SSSR count). The summed E-state index contributed by atoms with van der Waals surface area (Å²) in [7, 11) is 1.66. The highest BCUT2D eigenvalue weighted by Gasteiger charge is 2.15. The topological polar surface area (TPSA) is 26.5 Å². The second-order valence-corrected chi connectivity index (χ2v) is 5.84. The lowest BCUT2D eigenvalue weighted by Gasteiger charge is -2.07. The second-order valence-electron chi connectivity index (χ2n) is 5.40. The van der Waals surface area contributed by atoms with Crippen LogP contribution in [0.2, 0.25) is 5.02 Å². The van der Waals surface area contributed by atoms with E-state index in [1.807, 2.05) is 71.3 Å². The summed E-state index contributed by atoms with van der Waals surface area (Å²) < 4.78 is 7.31. The van der Waals surface area contributed by atoms with E-state index in [2.05, 4.69) is 6.07 Å². The average molecular weight is 334 g/mol. The molecule has 0 unspecified atom stereocenters. The molecule has 0 N–H and O–H groups in total. The summed E-state index contributed by atoms with van der Waals surface area (Å²) in [4.78, 5) is 4.80. The Morgan fingerprint density at radius 3 is 2.38 bits per heavy atom. The van der Waals surface area contributed by atoms with Gasteiger partial charge in [-0.1, -0.05) is 23.7 Å². The molecule has 0 saturated heterocycles. The minimum Gasteiger partial charge on any atom is -0.497 e. The number of rotatable bonds is 3. The molecule has 0 aliphatic heterocycles. The molecule has 0 aliphatic rings. The highest BCUT2D eigenvalue weighted by Crippen LogP contribution is 2.33. The summed E-state index contributed by atoms with van der Waals surface area (Å²) in [5, 5.41) is 0.710. The molecule has 4 heteroatoms. The maximum Gasteiger partial charge on any atom is 0.137 e. The summed E-state index contributed by atoms with van der Waals surface area (Å²) in [5.74, 6) is 0.826. The Morgan fingerprint density at radius 1 is 0.958 bits per heavy atom. The van der Waals surface area contributed by atoms with Crippen LogP contribution in [0.3, 0.4) is 0 Å². The maximum absolute atomic E-state index is 6.02. The van der Waals surface area contributed by atoms with Gasteiger partial charge in [0.1, 0.15) is 11.4 Å². The van der Waals surface area contributed by atoms with Gasteiger partial charge in [0, 0.05) is 22.3 Å². The highest BCUT2D eigenvalue weighted by atomic mass is 35.5. The van der Waals surface area contributed by atoms with Gasteiger partial charge in [0.25, 0.3) is 0 Å². The van der Waals surface area contributed by atoms with Gasteiger partial charge in [0.15, 0.2) is 0 Å². The van der Waals surface area contributed by atoms with E-state index in [4.69, 9.17) is 21.3 Å². The third kappa shape index (κ3) is 2.53. The molecule has 0 fully saturated rings. The van der Waals surface area contributed by atoms with Crippen LogP contribution >= 0.6 is 11.6 Å². The maximum atomic E-state index is 6.02. The zero-order valence-electron chi connectivity index (χ0n) is 13.0. The SMILES string of the molecule is COc1ccc(-c2c(-c3ccc(Cl)cc3)nc3cc[c]cn23)cc1. The average Bonchev–Trinajstić information content (AvgIpc) is 3.02. The van der Waals surface area contributed by atoms with Crippen LogP contribution in [-0.2, 0) is 0 Å². The Kier molecular flexibility index (Phi) is 3.71. The quantitative estimate of drug-likeness (QED) is 0.519. The third-order valence-electron chi connectivity index (χ3n) is 3.95. The summed E-state index contributed by atoms with van der Waals surface area (Å²) in [6.45, 7) is 0. The number of nitrogens with zero attached hydrogens (tertiary/aromatic N) is 2. The first-order chi connectivity index (χ1) is 11.8. The lowest BCUT2D eigenvalue weighted by Crippen LogP contribution is -1.90. The molecule has 0 saturated carbocycles. The van der Waals surface area contributed by atoms with Crippen LogP contribution in [0.5, 0.6) is 5.75 Å². The van der Waals surface area contributed by atoms with Gasteiger partial charge in [-0.25, -0.2) is 4.98 Å². The summed E-state index contributed by atoms with van der Waals surface area (Å²) in [6, 6.07) is 22.6. The zero-order chi connectivity index (χ0) is 16.5. The molecule has 4 aromatic rings. The van der Waals surface area contributed by atoms with Crippen LogP contribution in [0, 0.1) is 6.07 Å². The predicted octanol–water partition coefficient (Wildman–Crippen LogP) is 5.13. The van der Waals surface area contributed by atoms with Crippen molar-refractivity contribution in [2.45, 2.75) is 0 Å². The molecular weight excluding hydrogens is 320 g/mol. The first-order valence-electron chi connectivity index (χ1n) is 7.55. The standard InChI is InChI=1S/C20H14ClN2O/c1-24-17-11-7-15(8-12-17)20-19(14-5-9-16(21)10-6-14)22-18-4-2-3-13-23(18)20/h2,4-13H,1H3. The van der Waals surface area contributed by atoms with Gasteiger partial charge < -0.3 is 4.74 Å². The summed E-state index contributed by atoms with van der Waals surface area (Å²) in [5.41, 5.74) is 4.90. The van der Waals surface area contributed by atoms with Crippen molar-refractivity contribution in [2.24, 2.45) is 0 Å². The van der Waals surface area contributed by atoms with Crippen molar-refractivity contribution in [1.82, 2.24) is 9.38 Å². The van der Waals surface area contributed by atoms with Crippen molar-refractivity contribution in [3.63, 3.8) is 0 Å². The molecule has 0 atom stereocenters. The first kappa shape index (κ1) is 14.8. The van der Waals surface area contributed by atoms with Crippen molar-refractivity contribution in [1.29, 1.82) is 0 Å². The number of aromatic nitrogens is 2. The van der Waals surface area contributed by atoms with E-state index in [1.54, 1.807) is 7.11 Å². The van der Waals surface area contributed by atoms with E-state index in [-0.39, 0.29) is 0 Å². The fraction of sp³-hybridized carbons (Fsp3) is 0.0500. The van der Waals surface area contributed by atoms with Crippen molar-refractivity contribution in [3.05, 3.63) is 77.9 Å². The smallest absolute Gasteiger partial charge is 0.137 e. The molecule has 1 radical (unpaired) electrons.